The van der Waals surface area contributed by atoms with Crippen LogP contribution >= 0.6 is 0 Å². The van der Waals surface area contributed by atoms with Gasteiger partial charge in [-0.15, -0.1) is 5.10 Å². The molecule has 8 heavy (non-hydrogen) atoms. The molecular weight excluding hydrogens is 108 g/mol. The number of hydrogen-bond donors (Lipinski definition) is 1. The van der Waals surface area contributed by atoms with E-state index in [9.17, 15) is 4.79 Å². The molecule has 0 rings (SSSR count). The van der Waals surface area contributed by atoms with Crippen molar-refractivity contribution in [3.63, 3.8) is 0 Å². The van der Waals surface area contributed by atoms with Crippen molar-refractivity contribution in [3.05, 3.63) is 0 Å². The maximum atomic E-state index is 10.1. The molecule has 4 nitrogen and oxygen atoms in total. The smallest absolute Gasteiger partial charge is 0.309 e. The zero-order chi connectivity index (χ0) is 6.57. The third kappa shape index (κ3) is 3.14. The van der Waals surface area contributed by atoms with Crippen LogP contribution < -0.4 is 5.84 Å². The first kappa shape index (κ1) is 6.94. The molecule has 0 aliphatic carbocycles. The van der Waals surface area contributed by atoms with Crippen LogP contribution in [0.4, 0.5) is 0 Å². The number of rotatable bonds is 0. The average Bonchev–Trinajstić information content (AvgIpc) is 1.65. The normalized spacial score (nSPS) is 11.0. The Balaban J connectivity index is 3.56. The number of hydrogen-bond acceptors (Lipinski definition) is 4. The van der Waals surface area contributed by atoms with Crippen LogP contribution in [-0.4, -0.2) is 11.9 Å². The molecule has 0 atom stereocenters. The minimum atomic E-state index is -0.406. The molecule has 0 bridgehead atoms. The molecule has 0 aromatic carbocycles. The summed E-state index contributed by atoms with van der Waals surface area (Å²) < 4.78 is 4.39. The third-order valence-corrected chi connectivity index (χ3v) is 0.473. The Kier molecular flexibility index (Phi) is 2.61. The van der Waals surface area contributed by atoms with Crippen molar-refractivity contribution in [2.45, 2.75) is 13.8 Å². The van der Waals surface area contributed by atoms with Gasteiger partial charge in [-0.3, -0.25) is 4.79 Å². The highest BCUT2D eigenvalue weighted by molar-refractivity contribution is 5.85. The lowest BCUT2D eigenvalue weighted by Crippen LogP contribution is -2.06. The molecule has 0 amide bonds. The van der Waals surface area contributed by atoms with Crippen molar-refractivity contribution in [3.8, 4) is 0 Å². The second kappa shape index (κ2) is 3.01. The van der Waals surface area contributed by atoms with Crippen LogP contribution in [0.25, 0.3) is 0 Å². The van der Waals surface area contributed by atoms with Crippen molar-refractivity contribution in [2.24, 2.45) is 10.9 Å². The second-order valence-corrected chi connectivity index (χ2v) is 1.24. The van der Waals surface area contributed by atoms with Crippen molar-refractivity contribution >= 4 is 11.9 Å². The van der Waals surface area contributed by atoms with E-state index in [0.29, 0.717) is 0 Å². The summed E-state index contributed by atoms with van der Waals surface area (Å²) in [5, 5.41) is 3.10. The monoisotopic (exact) mass is 116 g/mol. The molecule has 0 saturated carbocycles. The maximum Gasteiger partial charge on any atom is 0.309 e. The number of carbonyl (C=O) groups excluding carboxylic acids is 1. The molecule has 46 valence electrons. The standard InChI is InChI=1S/C4H8N2O2/c1-3(6-5)8-4(2)7/h5H2,1-2H3. The Morgan fingerprint density at radius 3 is 2.25 bits per heavy atom. The fraction of sp³-hybridized carbons (Fsp3) is 0.500. The molecule has 0 heterocycles. The van der Waals surface area contributed by atoms with E-state index in [2.05, 4.69) is 9.84 Å². The molecule has 0 saturated heterocycles. The highest BCUT2D eigenvalue weighted by Crippen LogP contribution is 1.77. The number of hydrazone groups is 1. The van der Waals surface area contributed by atoms with Gasteiger partial charge in [0.1, 0.15) is 0 Å². The molecule has 4 heteroatoms. The van der Waals surface area contributed by atoms with E-state index >= 15 is 0 Å². The lowest BCUT2D eigenvalue weighted by atomic mass is 10.7. The Bertz CT molecular complexity index is 119. The van der Waals surface area contributed by atoms with Gasteiger partial charge in [0.2, 0.25) is 5.90 Å². The van der Waals surface area contributed by atoms with Gasteiger partial charge in [-0.05, 0) is 0 Å². The lowest BCUT2D eigenvalue weighted by Gasteiger charge is -1.93. The summed E-state index contributed by atoms with van der Waals surface area (Å²) in [5.74, 6) is 4.50. The van der Waals surface area contributed by atoms with E-state index < -0.39 is 5.97 Å². The SMILES string of the molecule is CC(=O)OC(C)=NN. The zero-order valence-electron chi connectivity index (χ0n) is 4.84. The summed E-state index contributed by atoms with van der Waals surface area (Å²) >= 11 is 0. The van der Waals surface area contributed by atoms with Crippen LogP contribution in [0.2, 0.25) is 0 Å². The van der Waals surface area contributed by atoms with Gasteiger partial charge in [-0.1, -0.05) is 0 Å². The molecule has 0 unspecified atom stereocenters. The summed E-state index contributed by atoms with van der Waals surface area (Å²) in [6.45, 7) is 2.79. The highest BCUT2D eigenvalue weighted by Gasteiger charge is 1.92. The van der Waals surface area contributed by atoms with Crippen molar-refractivity contribution in [2.75, 3.05) is 0 Å². The van der Waals surface area contributed by atoms with Gasteiger partial charge in [0.05, 0.1) is 0 Å². The van der Waals surface area contributed by atoms with E-state index in [0.717, 1.165) is 0 Å². The third-order valence-electron chi connectivity index (χ3n) is 0.473. The first-order chi connectivity index (χ1) is 3.66. The van der Waals surface area contributed by atoms with Gasteiger partial charge < -0.3 is 10.6 Å². The van der Waals surface area contributed by atoms with Crippen LogP contribution in [0.15, 0.2) is 5.10 Å². The number of carbonyl (C=O) groups is 1. The molecule has 0 fully saturated rings. The largest absolute Gasteiger partial charge is 0.410 e. The Labute approximate surface area is 47.3 Å². The lowest BCUT2D eigenvalue weighted by molar-refractivity contribution is -0.133. The number of ether oxygens (including phenoxy) is 1. The average molecular weight is 116 g/mol. The minimum absolute atomic E-state index is 0.178. The molecule has 0 aromatic rings. The van der Waals surface area contributed by atoms with Crippen LogP contribution in [0, 0.1) is 0 Å². The van der Waals surface area contributed by atoms with Gasteiger partial charge in [-0.2, -0.15) is 0 Å². The maximum absolute atomic E-state index is 10.1. The number of nitrogens with zero attached hydrogens (tertiary/aromatic N) is 1. The second-order valence-electron chi connectivity index (χ2n) is 1.24. The summed E-state index contributed by atoms with van der Waals surface area (Å²) in [6, 6.07) is 0. The predicted molar refractivity (Wildman–Crippen MR) is 29.1 cm³/mol. The van der Waals surface area contributed by atoms with Crippen LogP contribution in [0.3, 0.4) is 0 Å². The van der Waals surface area contributed by atoms with Gasteiger partial charge >= 0.3 is 5.97 Å². The molecule has 0 spiro atoms. The van der Waals surface area contributed by atoms with E-state index in [1.54, 1.807) is 0 Å². The van der Waals surface area contributed by atoms with Gasteiger partial charge in [0, 0.05) is 13.8 Å². The Morgan fingerprint density at radius 2 is 2.12 bits per heavy atom. The molecule has 0 radical (unpaired) electrons. The van der Waals surface area contributed by atoms with Gasteiger partial charge in [0.25, 0.3) is 0 Å². The number of esters is 1. The fourth-order valence-electron chi connectivity index (χ4n) is 0.234. The summed E-state index contributed by atoms with van der Waals surface area (Å²) in [7, 11) is 0. The zero-order valence-corrected chi connectivity index (χ0v) is 4.84. The quantitative estimate of drug-likeness (QED) is 0.157. The summed E-state index contributed by atoms with van der Waals surface area (Å²) in [4.78, 5) is 10.1. The van der Waals surface area contributed by atoms with Crippen molar-refractivity contribution in [1.82, 2.24) is 0 Å². The first-order valence-electron chi connectivity index (χ1n) is 2.09. The van der Waals surface area contributed by atoms with Crippen LogP contribution in [-0.2, 0) is 9.53 Å². The van der Waals surface area contributed by atoms with E-state index in [1.165, 1.54) is 13.8 Å². The topological polar surface area (TPSA) is 64.7 Å². The highest BCUT2D eigenvalue weighted by atomic mass is 16.5. The van der Waals surface area contributed by atoms with E-state index in [-0.39, 0.29) is 5.90 Å². The van der Waals surface area contributed by atoms with Crippen molar-refractivity contribution < 1.29 is 9.53 Å². The van der Waals surface area contributed by atoms with Gasteiger partial charge in [-0.25, -0.2) is 0 Å². The van der Waals surface area contributed by atoms with Gasteiger partial charge in [0.15, 0.2) is 0 Å². The van der Waals surface area contributed by atoms with Crippen molar-refractivity contribution in [1.29, 1.82) is 0 Å². The first-order valence-corrected chi connectivity index (χ1v) is 2.09. The summed E-state index contributed by atoms with van der Waals surface area (Å²) in [5.41, 5.74) is 0. The molecule has 0 aliphatic rings. The van der Waals surface area contributed by atoms with Crippen LogP contribution in [0.1, 0.15) is 13.8 Å². The molecule has 0 aliphatic heterocycles. The van der Waals surface area contributed by atoms with Crippen LogP contribution in [0.5, 0.6) is 0 Å². The number of nitrogens with two attached hydrogens (primary N) is 1. The fourth-order valence-corrected chi connectivity index (χ4v) is 0.234. The summed E-state index contributed by atoms with van der Waals surface area (Å²) in [6.07, 6.45) is 0. The minimum Gasteiger partial charge on any atom is -0.410 e. The Morgan fingerprint density at radius 1 is 1.62 bits per heavy atom. The predicted octanol–water partition coefficient (Wildman–Crippen LogP) is -0.158. The molecule has 2 N–H and O–H groups in total. The molecule has 0 aromatic heterocycles. The van der Waals surface area contributed by atoms with E-state index in [4.69, 9.17) is 5.84 Å². The molecular formula is C4H8N2O2. The Hall–Kier alpha value is -1.06. The van der Waals surface area contributed by atoms with E-state index in [1.807, 2.05) is 0 Å².